The van der Waals surface area contributed by atoms with Crippen molar-refractivity contribution in [2.75, 3.05) is 0 Å². The Morgan fingerprint density at radius 1 is 0.696 bits per heavy atom. The first-order valence-corrected chi connectivity index (χ1v) is 10.6. The van der Waals surface area contributed by atoms with Crippen LogP contribution < -0.4 is 0 Å². The molecule has 2 aliphatic carbocycles. The Kier molecular flexibility index (Phi) is 9.04. The van der Waals surface area contributed by atoms with Gasteiger partial charge in [-0.1, -0.05) is 90.4 Å². The molecule has 134 valence electrons. The molecule has 0 bridgehead atoms. The van der Waals surface area contributed by atoms with E-state index in [2.05, 4.69) is 6.92 Å². The fraction of sp³-hybridized carbons (Fsp3) is 1.00. The van der Waals surface area contributed by atoms with Crippen LogP contribution in [0, 0.1) is 17.8 Å². The summed E-state index contributed by atoms with van der Waals surface area (Å²) in [5.74, 6) is 2.97. The molecule has 0 aromatic rings. The Morgan fingerprint density at radius 3 is 1.78 bits per heavy atom. The van der Waals surface area contributed by atoms with Crippen LogP contribution in [0.4, 0.5) is 0 Å². The molecule has 0 unspecified atom stereocenters. The van der Waals surface area contributed by atoms with Crippen LogP contribution in [0.15, 0.2) is 0 Å². The van der Waals surface area contributed by atoms with Gasteiger partial charge in [0, 0.05) is 0 Å². The normalized spacial score (nSPS) is 32.0. The van der Waals surface area contributed by atoms with Crippen molar-refractivity contribution in [3.05, 3.63) is 0 Å². The average Bonchev–Trinajstić information content (AvgIpc) is 2.58. The molecule has 2 aliphatic rings. The van der Waals surface area contributed by atoms with Crippen LogP contribution >= 0.6 is 0 Å². The van der Waals surface area contributed by atoms with Gasteiger partial charge in [0.05, 0.1) is 0 Å². The summed E-state index contributed by atoms with van der Waals surface area (Å²) in [6.45, 7) is 2.29. The number of rotatable bonds is 9. The van der Waals surface area contributed by atoms with Crippen LogP contribution in [-0.2, 0) is 0 Å². The van der Waals surface area contributed by atoms with Gasteiger partial charge in [0.25, 0.3) is 0 Å². The summed E-state index contributed by atoms with van der Waals surface area (Å²) in [6, 6.07) is 0. The van der Waals surface area contributed by atoms with E-state index in [0.29, 0.717) is 0 Å². The fourth-order valence-corrected chi connectivity index (χ4v) is 5.08. The van der Waals surface area contributed by atoms with E-state index in [0.717, 1.165) is 30.6 Å². The number of unbranched alkanes of at least 4 members (excludes halogenated alkanes) is 5. The standard InChI is InChI=1S/C20H39BO2/c1-2-3-4-5-6-7-8-17-9-11-18(12-10-17)19-13-15-20(16-14-19)21(22)23/h17-20,22-23H,2-16H2,1H3. The van der Waals surface area contributed by atoms with E-state index in [1.54, 1.807) is 0 Å². The van der Waals surface area contributed by atoms with E-state index in [1.165, 1.54) is 83.5 Å². The zero-order chi connectivity index (χ0) is 16.5. The fourth-order valence-electron chi connectivity index (χ4n) is 5.08. The van der Waals surface area contributed by atoms with Gasteiger partial charge in [-0.3, -0.25) is 0 Å². The highest BCUT2D eigenvalue weighted by Gasteiger charge is 2.34. The SMILES string of the molecule is CCCCCCCCC1CCC(C2CCC(B(O)O)CC2)CC1. The topological polar surface area (TPSA) is 40.5 Å². The summed E-state index contributed by atoms with van der Waals surface area (Å²) in [5, 5.41) is 18.6. The number of hydrogen-bond acceptors (Lipinski definition) is 2. The third kappa shape index (κ3) is 6.78. The van der Waals surface area contributed by atoms with Crippen molar-refractivity contribution in [1.29, 1.82) is 0 Å². The third-order valence-corrected chi connectivity index (χ3v) is 6.76. The molecule has 0 aliphatic heterocycles. The summed E-state index contributed by atoms with van der Waals surface area (Å²) < 4.78 is 0. The molecule has 0 amide bonds. The van der Waals surface area contributed by atoms with Crippen molar-refractivity contribution in [1.82, 2.24) is 0 Å². The quantitative estimate of drug-likeness (QED) is 0.430. The Labute approximate surface area is 144 Å². The molecule has 2 saturated carbocycles. The minimum atomic E-state index is -1.08. The first kappa shape index (κ1) is 19.3. The van der Waals surface area contributed by atoms with E-state index in [9.17, 15) is 10.0 Å². The Morgan fingerprint density at radius 2 is 1.22 bits per heavy atom. The largest absolute Gasteiger partial charge is 0.454 e. The molecule has 0 heterocycles. The van der Waals surface area contributed by atoms with Crippen LogP contribution in [0.1, 0.15) is 103 Å². The van der Waals surface area contributed by atoms with Crippen molar-refractivity contribution < 1.29 is 10.0 Å². The van der Waals surface area contributed by atoms with Crippen molar-refractivity contribution >= 4 is 7.12 Å². The van der Waals surface area contributed by atoms with Crippen LogP contribution in [0.3, 0.4) is 0 Å². The summed E-state index contributed by atoms with van der Waals surface area (Å²) in [4.78, 5) is 0. The van der Waals surface area contributed by atoms with Gasteiger partial charge in [0.15, 0.2) is 0 Å². The smallest absolute Gasteiger partial charge is 0.427 e. The molecule has 0 saturated heterocycles. The van der Waals surface area contributed by atoms with Crippen LogP contribution in [0.2, 0.25) is 5.82 Å². The van der Waals surface area contributed by atoms with Gasteiger partial charge in [-0.25, -0.2) is 0 Å². The molecular weight excluding hydrogens is 283 g/mol. The lowest BCUT2D eigenvalue weighted by molar-refractivity contribution is 0.157. The predicted octanol–water partition coefficient (Wildman–Crippen LogP) is 5.58. The minimum Gasteiger partial charge on any atom is -0.427 e. The molecule has 0 atom stereocenters. The van der Waals surface area contributed by atoms with E-state index >= 15 is 0 Å². The summed E-state index contributed by atoms with van der Waals surface area (Å²) in [7, 11) is -1.08. The Bertz CT molecular complexity index is 292. The zero-order valence-electron chi connectivity index (χ0n) is 15.4. The van der Waals surface area contributed by atoms with E-state index in [-0.39, 0.29) is 5.82 Å². The molecule has 0 aromatic heterocycles. The monoisotopic (exact) mass is 322 g/mol. The van der Waals surface area contributed by atoms with E-state index in [1.807, 2.05) is 0 Å². The molecular formula is C20H39BO2. The first-order valence-electron chi connectivity index (χ1n) is 10.6. The first-order chi connectivity index (χ1) is 11.2. The third-order valence-electron chi connectivity index (χ3n) is 6.76. The maximum Gasteiger partial charge on any atom is 0.454 e. The van der Waals surface area contributed by atoms with E-state index in [4.69, 9.17) is 0 Å². The summed E-state index contributed by atoms with van der Waals surface area (Å²) in [6.07, 6.45) is 20.4. The Hall–Kier alpha value is -0.0151. The van der Waals surface area contributed by atoms with Crippen molar-refractivity contribution in [2.24, 2.45) is 17.8 Å². The zero-order valence-corrected chi connectivity index (χ0v) is 15.4. The molecule has 0 radical (unpaired) electrons. The molecule has 2 nitrogen and oxygen atoms in total. The molecule has 2 fully saturated rings. The lowest BCUT2D eigenvalue weighted by Gasteiger charge is -2.37. The van der Waals surface area contributed by atoms with Gasteiger partial charge in [-0.05, 0) is 36.4 Å². The maximum absolute atomic E-state index is 9.31. The van der Waals surface area contributed by atoms with Gasteiger partial charge in [0.2, 0.25) is 0 Å². The Balaban J connectivity index is 1.54. The average molecular weight is 322 g/mol. The molecule has 3 heteroatoms. The lowest BCUT2D eigenvalue weighted by Crippen LogP contribution is -2.29. The van der Waals surface area contributed by atoms with Gasteiger partial charge in [0.1, 0.15) is 0 Å². The van der Waals surface area contributed by atoms with Crippen LogP contribution in [0.5, 0.6) is 0 Å². The molecule has 2 N–H and O–H groups in total. The second-order valence-corrected chi connectivity index (χ2v) is 8.43. The summed E-state index contributed by atoms with van der Waals surface area (Å²) in [5.41, 5.74) is 0. The highest BCUT2D eigenvalue weighted by atomic mass is 16.4. The van der Waals surface area contributed by atoms with Gasteiger partial charge < -0.3 is 10.0 Å². The molecule has 0 aromatic carbocycles. The van der Waals surface area contributed by atoms with Gasteiger partial charge in [-0.15, -0.1) is 0 Å². The van der Waals surface area contributed by atoms with Gasteiger partial charge in [-0.2, -0.15) is 0 Å². The van der Waals surface area contributed by atoms with Crippen molar-refractivity contribution in [3.8, 4) is 0 Å². The van der Waals surface area contributed by atoms with Crippen molar-refractivity contribution in [2.45, 2.75) is 109 Å². The maximum atomic E-state index is 9.31. The highest BCUT2D eigenvalue weighted by molar-refractivity contribution is 6.43. The van der Waals surface area contributed by atoms with Crippen LogP contribution in [-0.4, -0.2) is 17.2 Å². The second-order valence-electron chi connectivity index (χ2n) is 8.43. The highest BCUT2D eigenvalue weighted by Crippen LogP contribution is 2.43. The van der Waals surface area contributed by atoms with Crippen LogP contribution in [0.25, 0.3) is 0 Å². The van der Waals surface area contributed by atoms with Gasteiger partial charge >= 0.3 is 7.12 Å². The van der Waals surface area contributed by atoms with E-state index < -0.39 is 7.12 Å². The summed E-state index contributed by atoms with van der Waals surface area (Å²) >= 11 is 0. The number of hydrogen-bond donors (Lipinski definition) is 2. The molecule has 23 heavy (non-hydrogen) atoms. The predicted molar refractivity (Wildman–Crippen MR) is 99.3 cm³/mol. The van der Waals surface area contributed by atoms with Crippen molar-refractivity contribution in [3.63, 3.8) is 0 Å². The molecule has 2 rings (SSSR count). The lowest BCUT2D eigenvalue weighted by atomic mass is 9.60. The molecule has 0 spiro atoms. The minimum absolute atomic E-state index is 0.148. The second kappa shape index (κ2) is 10.8.